The molecule has 0 aliphatic heterocycles. The Labute approximate surface area is 169 Å². The highest BCUT2D eigenvalue weighted by Crippen LogP contribution is 2.29. The first kappa shape index (κ1) is 22.6. The van der Waals surface area contributed by atoms with Gasteiger partial charge in [-0.2, -0.15) is 0 Å². The van der Waals surface area contributed by atoms with E-state index in [4.69, 9.17) is 0 Å². The third-order valence-electron chi connectivity index (χ3n) is 3.33. The second-order valence-electron chi connectivity index (χ2n) is 5.07. The molecule has 1 unspecified atom stereocenters. The van der Waals surface area contributed by atoms with Gasteiger partial charge in [0.15, 0.2) is 0 Å². The summed E-state index contributed by atoms with van der Waals surface area (Å²) in [5.41, 5.74) is 0.511. The van der Waals surface area contributed by atoms with E-state index in [0.717, 1.165) is 18.2 Å². The molecule has 0 bridgehead atoms. The molecule has 2 aromatic rings. The Kier molecular flexibility index (Phi) is 8.44. The van der Waals surface area contributed by atoms with E-state index < -0.39 is 21.6 Å². The van der Waals surface area contributed by atoms with E-state index in [1.807, 2.05) is 0 Å². The van der Waals surface area contributed by atoms with E-state index in [1.165, 1.54) is 13.2 Å². The first-order chi connectivity index (χ1) is 12.6. The van der Waals surface area contributed by atoms with Crippen LogP contribution in [0.3, 0.4) is 0 Å². The minimum Gasteiger partial charge on any atom is -0.469 e. The van der Waals surface area contributed by atoms with Crippen LogP contribution >= 0.6 is 31.9 Å². The molecule has 0 saturated heterocycles. The quantitative estimate of drug-likeness (QED) is 0.322. The molecule has 27 heavy (non-hydrogen) atoms. The molecule has 1 atom stereocenters. The van der Waals surface area contributed by atoms with Crippen molar-refractivity contribution in [1.82, 2.24) is 0 Å². The summed E-state index contributed by atoms with van der Waals surface area (Å²) in [7, 11) is 1.30. The van der Waals surface area contributed by atoms with Crippen molar-refractivity contribution in [2.45, 2.75) is 12.8 Å². The number of halogens is 3. The van der Waals surface area contributed by atoms with Crippen LogP contribution in [0.1, 0.15) is 18.4 Å². The van der Waals surface area contributed by atoms with Crippen molar-refractivity contribution in [3.8, 4) is 0 Å². The first-order valence-corrected chi connectivity index (χ1v) is 8.78. The van der Waals surface area contributed by atoms with Gasteiger partial charge in [-0.15, -0.1) is 0 Å². The van der Waals surface area contributed by atoms with Crippen LogP contribution in [-0.2, 0) is 9.53 Å². The molecule has 0 aliphatic carbocycles. The van der Waals surface area contributed by atoms with Gasteiger partial charge in [0, 0.05) is 12.1 Å². The minimum absolute atomic E-state index is 0.0270. The van der Waals surface area contributed by atoms with Crippen LogP contribution in [0.15, 0.2) is 45.3 Å². The standard InChI is InChI=1S/C10H10BrNO4.C6H3BrFNO2/c1-6(10(13)16-2)7-3-4-9(12(14)15)8(11)5-7;7-5-3-4(8)1-2-6(5)9(10)11/h3-6H,1-2H3;1-3H. The number of rotatable bonds is 4. The number of nitro benzene ring substituents is 2. The van der Waals surface area contributed by atoms with E-state index in [-0.39, 0.29) is 21.8 Å². The van der Waals surface area contributed by atoms with Crippen molar-refractivity contribution in [3.05, 3.63) is 77.0 Å². The molecule has 0 heterocycles. The van der Waals surface area contributed by atoms with Crippen molar-refractivity contribution >= 4 is 49.2 Å². The Balaban J connectivity index is 0.000000289. The number of esters is 1. The number of hydrogen-bond acceptors (Lipinski definition) is 6. The SMILES string of the molecule is COC(=O)C(C)c1ccc([N+](=O)[O-])c(Br)c1.O=[N+]([O-])c1ccc(F)cc1Br. The molecule has 0 aromatic heterocycles. The van der Waals surface area contributed by atoms with Crippen LogP contribution in [0, 0.1) is 26.0 Å². The Hall–Kier alpha value is -2.40. The third-order valence-corrected chi connectivity index (χ3v) is 4.60. The lowest BCUT2D eigenvalue weighted by atomic mass is 10.0. The van der Waals surface area contributed by atoms with Gasteiger partial charge in [-0.05, 0) is 62.5 Å². The summed E-state index contributed by atoms with van der Waals surface area (Å²) in [6, 6.07) is 7.67. The third kappa shape index (κ3) is 6.36. The molecule has 0 N–H and O–H groups in total. The van der Waals surface area contributed by atoms with Gasteiger partial charge < -0.3 is 4.74 Å². The lowest BCUT2D eigenvalue weighted by Gasteiger charge is -2.09. The first-order valence-electron chi connectivity index (χ1n) is 7.19. The van der Waals surface area contributed by atoms with Gasteiger partial charge in [-0.25, -0.2) is 4.39 Å². The fraction of sp³-hybridized carbons (Fsp3) is 0.188. The maximum atomic E-state index is 12.4. The van der Waals surface area contributed by atoms with Crippen molar-refractivity contribution in [2.75, 3.05) is 7.11 Å². The summed E-state index contributed by atoms with van der Waals surface area (Å²) >= 11 is 5.96. The van der Waals surface area contributed by atoms with Gasteiger partial charge in [0.2, 0.25) is 0 Å². The highest BCUT2D eigenvalue weighted by atomic mass is 79.9. The number of methoxy groups -OCH3 is 1. The zero-order valence-electron chi connectivity index (χ0n) is 14.0. The maximum Gasteiger partial charge on any atom is 0.312 e. The number of carbonyl (C=O) groups excluding carboxylic acids is 1. The topological polar surface area (TPSA) is 113 Å². The molecule has 0 spiro atoms. The zero-order chi connectivity index (χ0) is 20.7. The molecule has 0 radical (unpaired) electrons. The lowest BCUT2D eigenvalue weighted by Crippen LogP contribution is -2.10. The number of benzene rings is 2. The molecular formula is C16H13Br2FN2O6. The van der Waals surface area contributed by atoms with Crippen LogP contribution < -0.4 is 0 Å². The minimum atomic E-state index is -0.580. The summed E-state index contributed by atoms with van der Waals surface area (Å²) < 4.78 is 17.5. The summed E-state index contributed by atoms with van der Waals surface area (Å²) in [5.74, 6) is -1.31. The average molecular weight is 508 g/mol. The number of hydrogen-bond donors (Lipinski definition) is 0. The normalized spacial score (nSPS) is 11.0. The molecule has 2 aromatic carbocycles. The number of ether oxygens (including phenoxy) is 1. The number of nitro groups is 2. The summed E-state index contributed by atoms with van der Waals surface area (Å²) in [6.45, 7) is 1.68. The summed E-state index contributed by atoms with van der Waals surface area (Å²) in [6.07, 6.45) is 0. The van der Waals surface area contributed by atoms with E-state index in [0.29, 0.717) is 10.0 Å². The lowest BCUT2D eigenvalue weighted by molar-refractivity contribution is -0.385. The molecule has 11 heteroatoms. The van der Waals surface area contributed by atoms with Crippen LogP contribution in [-0.4, -0.2) is 22.9 Å². The van der Waals surface area contributed by atoms with Gasteiger partial charge in [0.1, 0.15) is 5.82 Å². The summed E-state index contributed by atoms with van der Waals surface area (Å²) in [4.78, 5) is 31.0. The smallest absolute Gasteiger partial charge is 0.312 e. The second-order valence-corrected chi connectivity index (χ2v) is 6.77. The Morgan fingerprint density at radius 3 is 1.93 bits per heavy atom. The van der Waals surface area contributed by atoms with Crippen LogP contribution in [0.5, 0.6) is 0 Å². The molecule has 0 fully saturated rings. The Morgan fingerprint density at radius 2 is 1.52 bits per heavy atom. The molecule has 0 aliphatic rings. The fourth-order valence-corrected chi connectivity index (χ4v) is 2.92. The highest BCUT2D eigenvalue weighted by Gasteiger charge is 2.19. The molecule has 8 nitrogen and oxygen atoms in total. The van der Waals surface area contributed by atoms with Gasteiger partial charge in [-0.1, -0.05) is 6.07 Å². The Bertz CT molecular complexity index is 878. The van der Waals surface area contributed by atoms with E-state index in [1.54, 1.807) is 19.1 Å². The van der Waals surface area contributed by atoms with Gasteiger partial charge in [0.25, 0.3) is 11.4 Å². The van der Waals surface area contributed by atoms with Gasteiger partial charge >= 0.3 is 5.97 Å². The highest BCUT2D eigenvalue weighted by molar-refractivity contribution is 9.11. The molecule has 144 valence electrons. The maximum absolute atomic E-state index is 12.4. The fourth-order valence-electron chi connectivity index (χ4n) is 1.88. The van der Waals surface area contributed by atoms with Crippen LogP contribution in [0.4, 0.5) is 15.8 Å². The van der Waals surface area contributed by atoms with Crippen molar-refractivity contribution in [2.24, 2.45) is 0 Å². The second kappa shape index (κ2) is 10.1. The van der Waals surface area contributed by atoms with Gasteiger partial charge in [0.05, 0.1) is 31.8 Å². The summed E-state index contributed by atoms with van der Waals surface area (Å²) in [5, 5.41) is 20.8. The predicted octanol–water partition coefficient (Wildman–Crippen LogP) is 5.13. The van der Waals surface area contributed by atoms with E-state index in [9.17, 15) is 29.4 Å². The Morgan fingerprint density at radius 1 is 1.04 bits per heavy atom. The number of carbonyl (C=O) groups is 1. The molecule has 0 saturated carbocycles. The molecule has 0 amide bonds. The van der Waals surface area contributed by atoms with Crippen LogP contribution in [0.25, 0.3) is 0 Å². The predicted molar refractivity (Wildman–Crippen MR) is 102 cm³/mol. The number of nitrogens with zero attached hydrogens (tertiary/aromatic N) is 2. The zero-order valence-corrected chi connectivity index (χ0v) is 17.2. The largest absolute Gasteiger partial charge is 0.469 e. The van der Waals surface area contributed by atoms with Crippen molar-refractivity contribution in [1.29, 1.82) is 0 Å². The monoisotopic (exact) mass is 506 g/mol. The van der Waals surface area contributed by atoms with Crippen molar-refractivity contribution < 1.29 is 23.8 Å². The van der Waals surface area contributed by atoms with E-state index in [2.05, 4.69) is 36.6 Å². The molecule has 2 rings (SSSR count). The molecular weight excluding hydrogens is 495 g/mol. The van der Waals surface area contributed by atoms with Gasteiger partial charge in [-0.3, -0.25) is 25.0 Å². The average Bonchev–Trinajstić information content (AvgIpc) is 2.60. The van der Waals surface area contributed by atoms with E-state index >= 15 is 0 Å². The van der Waals surface area contributed by atoms with Crippen molar-refractivity contribution in [3.63, 3.8) is 0 Å². The van der Waals surface area contributed by atoms with Crippen LogP contribution in [0.2, 0.25) is 0 Å².